The summed E-state index contributed by atoms with van der Waals surface area (Å²) in [6, 6.07) is 5.74. The van der Waals surface area contributed by atoms with E-state index in [1.807, 2.05) is 6.92 Å². The third-order valence-electron chi connectivity index (χ3n) is 3.31. The smallest absolute Gasteiger partial charge is 0.269 e. The molecule has 0 radical (unpaired) electrons. The lowest BCUT2D eigenvalue weighted by Crippen LogP contribution is -2.39. The fourth-order valence-corrected chi connectivity index (χ4v) is 1.93. The number of nitro groups is 1. The van der Waals surface area contributed by atoms with Crippen LogP contribution in [0, 0.1) is 16.0 Å². The minimum Gasteiger partial charge on any atom is -0.491 e. The standard InChI is InChI=1S/C17H28N4O4.HI/c1-4-18-17(19-10-9-13(2)3)20-11-15(22)12-25-16-7-5-14(6-8-16)21(23)24;/h5-8,13,15,22H,4,9-12H2,1-3H3,(H2,18,19,20);1H. The van der Waals surface area contributed by atoms with E-state index in [0.29, 0.717) is 17.6 Å². The topological polar surface area (TPSA) is 109 Å². The first-order valence-electron chi connectivity index (χ1n) is 8.49. The van der Waals surface area contributed by atoms with Gasteiger partial charge in [-0.15, -0.1) is 24.0 Å². The molecule has 3 N–H and O–H groups in total. The highest BCUT2D eigenvalue weighted by atomic mass is 127. The molecule has 1 aromatic carbocycles. The summed E-state index contributed by atoms with van der Waals surface area (Å²) in [5, 5.41) is 26.9. The van der Waals surface area contributed by atoms with Crippen molar-refractivity contribution in [2.24, 2.45) is 10.9 Å². The molecule has 0 bridgehead atoms. The van der Waals surface area contributed by atoms with Gasteiger partial charge in [0.05, 0.1) is 11.5 Å². The Morgan fingerprint density at radius 3 is 2.50 bits per heavy atom. The van der Waals surface area contributed by atoms with Crippen LogP contribution in [-0.2, 0) is 0 Å². The minimum atomic E-state index is -0.768. The van der Waals surface area contributed by atoms with E-state index in [0.717, 1.165) is 19.5 Å². The van der Waals surface area contributed by atoms with Crippen LogP contribution >= 0.6 is 24.0 Å². The van der Waals surface area contributed by atoms with E-state index in [4.69, 9.17) is 4.74 Å². The number of nitrogens with one attached hydrogen (secondary N) is 2. The quantitative estimate of drug-likeness (QED) is 0.156. The first kappa shape index (κ1) is 24.4. The minimum absolute atomic E-state index is 0. The molecule has 0 aromatic heterocycles. The molecule has 1 unspecified atom stereocenters. The van der Waals surface area contributed by atoms with Gasteiger partial charge in [-0.25, -0.2) is 0 Å². The molecular weight excluding hydrogens is 451 g/mol. The number of rotatable bonds is 10. The summed E-state index contributed by atoms with van der Waals surface area (Å²) in [6.45, 7) is 8.11. The van der Waals surface area contributed by atoms with Crippen LogP contribution in [0.15, 0.2) is 29.3 Å². The van der Waals surface area contributed by atoms with Gasteiger partial charge in [-0.2, -0.15) is 0 Å². The number of hydrogen-bond donors (Lipinski definition) is 3. The molecule has 1 rings (SSSR count). The van der Waals surface area contributed by atoms with Crippen molar-refractivity contribution in [1.29, 1.82) is 0 Å². The zero-order chi connectivity index (χ0) is 18.7. The largest absolute Gasteiger partial charge is 0.491 e. The van der Waals surface area contributed by atoms with Crippen LogP contribution in [0.25, 0.3) is 0 Å². The van der Waals surface area contributed by atoms with Gasteiger partial charge in [0, 0.05) is 25.2 Å². The van der Waals surface area contributed by atoms with Gasteiger partial charge in [-0.3, -0.25) is 15.1 Å². The van der Waals surface area contributed by atoms with Gasteiger partial charge in [0.2, 0.25) is 0 Å². The average Bonchev–Trinajstić information content (AvgIpc) is 2.57. The predicted molar refractivity (Wildman–Crippen MR) is 113 cm³/mol. The lowest BCUT2D eigenvalue weighted by Gasteiger charge is -2.14. The number of aliphatic imine (C=N–C) groups is 1. The number of nitro benzene ring substituents is 1. The van der Waals surface area contributed by atoms with Crippen molar-refractivity contribution < 1.29 is 14.8 Å². The van der Waals surface area contributed by atoms with Gasteiger partial charge in [0.25, 0.3) is 5.69 Å². The maximum Gasteiger partial charge on any atom is 0.269 e. The Hall–Kier alpha value is -1.62. The second-order valence-electron chi connectivity index (χ2n) is 6.04. The van der Waals surface area contributed by atoms with Crippen molar-refractivity contribution in [3.8, 4) is 5.75 Å². The Kier molecular flexibility index (Phi) is 12.7. The Labute approximate surface area is 171 Å². The van der Waals surface area contributed by atoms with E-state index in [1.54, 1.807) is 0 Å². The number of aliphatic hydroxyl groups is 1. The maximum atomic E-state index is 10.6. The van der Waals surface area contributed by atoms with Crippen LogP contribution in [0.3, 0.4) is 0 Å². The SMILES string of the molecule is CCNC(=NCC(O)COc1ccc([N+](=O)[O-])cc1)NCCC(C)C.I. The molecule has 0 heterocycles. The van der Waals surface area contributed by atoms with Gasteiger partial charge < -0.3 is 20.5 Å². The molecule has 26 heavy (non-hydrogen) atoms. The number of non-ortho nitro benzene ring substituents is 1. The van der Waals surface area contributed by atoms with E-state index in [1.165, 1.54) is 24.3 Å². The number of benzene rings is 1. The highest BCUT2D eigenvalue weighted by Gasteiger charge is 2.08. The van der Waals surface area contributed by atoms with E-state index in [2.05, 4.69) is 29.5 Å². The molecule has 0 spiro atoms. The van der Waals surface area contributed by atoms with Gasteiger partial charge in [-0.05, 0) is 31.4 Å². The Balaban J connectivity index is 0.00000625. The van der Waals surface area contributed by atoms with Crippen LogP contribution in [0.2, 0.25) is 0 Å². The van der Waals surface area contributed by atoms with E-state index >= 15 is 0 Å². The third kappa shape index (κ3) is 10.4. The molecule has 1 aromatic rings. The predicted octanol–water partition coefficient (Wildman–Crippen LogP) is 2.55. The molecule has 9 heteroatoms. The van der Waals surface area contributed by atoms with Crippen LogP contribution < -0.4 is 15.4 Å². The Morgan fingerprint density at radius 1 is 1.31 bits per heavy atom. The summed E-state index contributed by atoms with van der Waals surface area (Å²) in [6.07, 6.45) is 0.270. The number of aliphatic hydroxyl groups excluding tert-OH is 1. The van der Waals surface area contributed by atoms with E-state index < -0.39 is 11.0 Å². The molecule has 0 fully saturated rings. The fourth-order valence-electron chi connectivity index (χ4n) is 1.93. The highest BCUT2D eigenvalue weighted by molar-refractivity contribution is 14.0. The molecule has 0 saturated carbocycles. The second-order valence-corrected chi connectivity index (χ2v) is 6.04. The maximum absolute atomic E-state index is 10.6. The van der Waals surface area contributed by atoms with Gasteiger partial charge >= 0.3 is 0 Å². The lowest BCUT2D eigenvalue weighted by atomic mass is 10.1. The van der Waals surface area contributed by atoms with Crippen molar-refractivity contribution >= 4 is 35.6 Å². The molecule has 148 valence electrons. The van der Waals surface area contributed by atoms with Gasteiger partial charge in [-0.1, -0.05) is 13.8 Å². The normalized spacial score (nSPS) is 12.3. The number of hydrogen-bond acceptors (Lipinski definition) is 5. The zero-order valence-electron chi connectivity index (χ0n) is 15.5. The van der Waals surface area contributed by atoms with Crippen molar-refractivity contribution in [1.82, 2.24) is 10.6 Å². The van der Waals surface area contributed by atoms with Crippen LogP contribution in [0.5, 0.6) is 5.75 Å². The molecule has 0 amide bonds. The first-order valence-corrected chi connectivity index (χ1v) is 8.49. The van der Waals surface area contributed by atoms with Gasteiger partial charge in [0.1, 0.15) is 18.5 Å². The number of guanidine groups is 1. The van der Waals surface area contributed by atoms with Crippen LogP contribution in [-0.4, -0.2) is 48.3 Å². The van der Waals surface area contributed by atoms with E-state index in [9.17, 15) is 15.2 Å². The molecule has 0 aliphatic rings. The lowest BCUT2D eigenvalue weighted by molar-refractivity contribution is -0.384. The molecule has 8 nitrogen and oxygen atoms in total. The Bertz CT molecular complexity index is 552. The van der Waals surface area contributed by atoms with Crippen LogP contribution in [0.1, 0.15) is 27.2 Å². The molecule has 0 aliphatic carbocycles. The van der Waals surface area contributed by atoms with Gasteiger partial charge in [0.15, 0.2) is 5.96 Å². The summed E-state index contributed by atoms with van der Waals surface area (Å²) >= 11 is 0. The van der Waals surface area contributed by atoms with Crippen molar-refractivity contribution in [3.05, 3.63) is 34.4 Å². The zero-order valence-corrected chi connectivity index (χ0v) is 17.8. The number of ether oxygens (including phenoxy) is 1. The highest BCUT2D eigenvalue weighted by Crippen LogP contribution is 2.17. The number of halogens is 1. The second kappa shape index (κ2) is 13.6. The third-order valence-corrected chi connectivity index (χ3v) is 3.31. The summed E-state index contributed by atoms with van der Waals surface area (Å²) in [5.74, 6) is 1.74. The first-order chi connectivity index (χ1) is 11.9. The summed E-state index contributed by atoms with van der Waals surface area (Å²) < 4.78 is 5.42. The molecule has 1 atom stereocenters. The number of nitrogens with zero attached hydrogens (tertiary/aromatic N) is 2. The van der Waals surface area contributed by atoms with Crippen molar-refractivity contribution in [3.63, 3.8) is 0 Å². The molecule has 0 saturated heterocycles. The van der Waals surface area contributed by atoms with Crippen molar-refractivity contribution in [2.45, 2.75) is 33.3 Å². The summed E-state index contributed by atoms with van der Waals surface area (Å²) in [5.41, 5.74) is 0.000234. The average molecular weight is 480 g/mol. The van der Waals surface area contributed by atoms with Crippen molar-refractivity contribution in [2.75, 3.05) is 26.2 Å². The van der Waals surface area contributed by atoms with Crippen LogP contribution in [0.4, 0.5) is 5.69 Å². The monoisotopic (exact) mass is 480 g/mol. The molecular formula is C17H29IN4O4. The fraction of sp³-hybridized carbons (Fsp3) is 0.588. The molecule has 0 aliphatic heterocycles. The van der Waals surface area contributed by atoms with E-state index in [-0.39, 0.29) is 42.8 Å². The summed E-state index contributed by atoms with van der Waals surface area (Å²) in [4.78, 5) is 14.5. The Morgan fingerprint density at radius 2 is 1.96 bits per heavy atom. The summed E-state index contributed by atoms with van der Waals surface area (Å²) in [7, 11) is 0.